The van der Waals surface area contributed by atoms with Crippen LogP contribution in [0.2, 0.25) is 5.02 Å². The number of nitrogens with zero attached hydrogens (tertiary/aromatic N) is 1. The Balaban J connectivity index is 2.21. The van der Waals surface area contributed by atoms with Gasteiger partial charge in [0.05, 0.1) is 0 Å². The van der Waals surface area contributed by atoms with E-state index in [4.69, 9.17) is 27.5 Å². The van der Waals surface area contributed by atoms with Crippen molar-refractivity contribution in [1.82, 2.24) is 4.98 Å². The van der Waals surface area contributed by atoms with E-state index in [1.165, 1.54) is 11.8 Å². The first-order valence-electron chi connectivity index (χ1n) is 6.37. The molecule has 0 amide bonds. The van der Waals surface area contributed by atoms with Gasteiger partial charge in [-0.15, -0.1) is 0 Å². The third kappa shape index (κ3) is 3.27. The van der Waals surface area contributed by atoms with Gasteiger partial charge in [0.2, 0.25) is 5.88 Å². The van der Waals surface area contributed by atoms with Gasteiger partial charge in [0, 0.05) is 11.8 Å². The molecular formula is C15H16ClN3O. The molecule has 0 saturated heterocycles. The molecule has 0 bridgehead atoms. The lowest BCUT2D eigenvalue weighted by Gasteiger charge is -2.09. The number of benzene rings is 1. The molecular weight excluding hydrogens is 274 g/mol. The van der Waals surface area contributed by atoms with Gasteiger partial charge in [-0.05, 0) is 30.2 Å². The lowest BCUT2D eigenvalue weighted by atomic mass is 10.1. The molecule has 1 aromatic heterocycles. The number of pyridine rings is 1. The number of aromatic nitrogens is 1. The second-order valence-corrected chi connectivity index (χ2v) is 4.77. The Kier molecular flexibility index (Phi) is 4.58. The maximum absolute atomic E-state index is 7.44. The highest BCUT2D eigenvalue weighted by atomic mass is 35.5. The van der Waals surface area contributed by atoms with E-state index in [9.17, 15) is 0 Å². The Labute approximate surface area is 123 Å². The Hall–Kier alpha value is -2.07. The average Bonchev–Trinajstić information content (AvgIpc) is 2.43. The molecule has 0 unspecified atom stereocenters. The Morgan fingerprint density at radius 2 is 2.00 bits per heavy atom. The third-order valence-electron chi connectivity index (χ3n) is 2.82. The van der Waals surface area contributed by atoms with E-state index < -0.39 is 0 Å². The molecule has 1 heterocycles. The van der Waals surface area contributed by atoms with Crippen LogP contribution in [0, 0.1) is 5.41 Å². The van der Waals surface area contributed by atoms with Crippen molar-refractivity contribution < 1.29 is 4.74 Å². The van der Waals surface area contributed by atoms with Gasteiger partial charge in [-0.3, -0.25) is 5.41 Å². The summed E-state index contributed by atoms with van der Waals surface area (Å²) in [5.74, 6) is 0.795. The Morgan fingerprint density at radius 3 is 2.60 bits per heavy atom. The number of halogens is 1. The van der Waals surface area contributed by atoms with Crippen LogP contribution in [-0.2, 0) is 6.42 Å². The first-order valence-corrected chi connectivity index (χ1v) is 6.75. The normalized spacial score (nSPS) is 10.3. The molecule has 0 saturated carbocycles. The van der Waals surface area contributed by atoms with Crippen molar-refractivity contribution in [2.45, 2.75) is 19.8 Å². The van der Waals surface area contributed by atoms with Crippen molar-refractivity contribution in [3.05, 3.63) is 52.7 Å². The van der Waals surface area contributed by atoms with Gasteiger partial charge in [-0.1, -0.05) is 37.1 Å². The molecule has 0 spiro atoms. The molecule has 20 heavy (non-hydrogen) atoms. The molecule has 0 atom stereocenters. The summed E-state index contributed by atoms with van der Waals surface area (Å²) in [5, 5.41) is 7.68. The van der Waals surface area contributed by atoms with Gasteiger partial charge in [-0.2, -0.15) is 0 Å². The molecule has 0 fully saturated rings. The summed E-state index contributed by atoms with van der Waals surface area (Å²) in [6.45, 7) is 2.14. The molecule has 4 nitrogen and oxygen atoms in total. The minimum absolute atomic E-state index is 0.111. The van der Waals surface area contributed by atoms with Crippen LogP contribution in [0.25, 0.3) is 0 Å². The van der Waals surface area contributed by atoms with Crippen molar-refractivity contribution in [2.24, 2.45) is 5.73 Å². The molecule has 0 aliphatic carbocycles. The van der Waals surface area contributed by atoms with Crippen LogP contribution < -0.4 is 10.5 Å². The summed E-state index contributed by atoms with van der Waals surface area (Å²) < 4.78 is 5.64. The second-order valence-electron chi connectivity index (χ2n) is 4.39. The number of ether oxygens (including phenoxy) is 1. The standard InChI is InChI=1S/C15H16ClN3O/c1-2-3-10-4-6-11(7-5-10)20-15-13(16)12(14(17)18)8-9-19-15/h4-9H,2-3H2,1H3,(H3,17,18). The number of nitrogens with one attached hydrogen (secondary N) is 1. The summed E-state index contributed by atoms with van der Waals surface area (Å²) in [7, 11) is 0. The number of hydrogen-bond acceptors (Lipinski definition) is 3. The van der Waals surface area contributed by atoms with Crippen molar-refractivity contribution in [3.63, 3.8) is 0 Å². The van der Waals surface area contributed by atoms with Gasteiger partial charge < -0.3 is 10.5 Å². The number of nitrogen functional groups attached to an aromatic ring is 1. The topological polar surface area (TPSA) is 72.0 Å². The molecule has 0 radical (unpaired) electrons. The maximum Gasteiger partial charge on any atom is 0.238 e. The molecule has 0 aliphatic rings. The largest absolute Gasteiger partial charge is 0.438 e. The molecule has 1 aromatic carbocycles. The zero-order chi connectivity index (χ0) is 14.5. The minimum Gasteiger partial charge on any atom is -0.438 e. The summed E-state index contributed by atoms with van der Waals surface area (Å²) >= 11 is 6.13. The fraction of sp³-hybridized carbons (Fsp3) is 0.200. The minimum atomic E-state index is -0.111. The van der Waals surface area contributed by atoms with Crippen molar-refractivity contribution in [2.75, 3.05) is 0 Å². The lowest BCUT2D eigenvalue weighted by Crippen LogP contribution is -2.12. The molecule has 2 rings (SSSR count). The van der Waals surface area contributed by atoms with Crippen LogP contribution in [0.15, 0.2) is 36.5 Å². The maximum atomic E-state index is 7.44. The molecule has 2 aromatic rings. The van der Waals surface area contributed by atoms with E-state index in [1.807, 2.05) is 24.3 Å². The van der Waals surface area contributed by atoms with Crippen LogP contribution in [0.4, 0.5) is 0 Å². The SMILES string of the molecule is CCCc1ccc(Oc2nccc(C(=N)N)c2Cl)cc1. The predicted octanol–water partition coefficient (Wildman–Crippen LogP) is 3.76. The quantitative estimate of drug-likeness (QED) is 0.650. The monoisotopic (exact) mass is 289 g/mol. The van der Waals surface area contributed by atoms with E-state index in [0.29, 0.717) is 11.3 Å². The summed E-state index contributed by atoms with van der Waals surface area (Å²) in [6, 6.07) is 9.37. The number of hydrogen-bond donors (Lipinski definition) is 2. The van der Waals surface area contributed by atoms with Gasteiger partial charge in [0.15, 0.2) is 0 Å². The number of amidine groups is 1. The number of nitrogens with two attached hydrogens (primary N) is 1. The van der Waals surface area contributed by atoms with Crippen LogP contribution in [0.3, 0.4) is 0 Å². The van der Waals surface area contributed by atoms with E-state index in [1.54, 1.807) is 6.07 Å². The second kappa shape index (κ2) is 6.39. The fourth-order valence-corrected chi connectivity index (χ4v) is 2.08. The highest BCUT2D eigenvalue weighted by Crippen LogP contribution is 2.29. The Morgan fingerprint density at radius 1 is 1.30 bits per heavy atom. The Bertz CT molecular complexity index is 611. The zero-order valence-corrected chi connectivity index (χ0v) is 11.9. The van der Waals surface area contributed by atoms with Crippen LogP contribution in [0.5, 0.6) is 11.6 Å². The van der Waals surface area contributed by atoms with E-state index in [2.05, 4.69) is 11.9 Å². The molecule has 3 N–H and O–H groups in total. The van der Waals surface area contributed by atoms with E-state index >= 15 is 0 Å². The number of rotatable bonds is 5. The predicted molar refractivity (Wildman–Crippen MR) is 80.8 cm³/mol. The van der Waals surface area contributed by atoms with Crippen molar-refractivity contribution >= 4 is 17.4 Å². The van der Waals surface area contributed by atoms with Gasteiger partial charge in [0.25, 0.3) is 0 Å². The fourth-order valence-electron chi connectivity index (χ4n) is 1.83. The highest BCUT2D eigenvalue weighted by molar-refractivity contribution is 6.35. The molecule has 5 heteroatoms. The van der Waals surface area contributed by atoms with Crippen LogP contribution >= 0.6 is 11.6 Å². The first-order chi connectivity index (χ1) is 9.61. The van der Waals surface area contributed by atoms with Gasteiger partial charge in [0.1, 0.15) is 16.6 Å². The summed E-state index contributed by atoms with van der Waals surface area (Å²) in [6.07, 6.45) is 3.66. The average molecular weight is 290 g/mol. The van der Waals surface area contributed by atoms with E-state index in [0.717, 1.165) is 12.8 Å². The van der Waals surface area contributed by atoms with Crippen molar-refractivity contribution in [3.8, 4) is 11.6 Å². The van der Waals surface area contributed by atoms with Gasteiger partial charge >= 0.3 is 0 Å². The molecule has 104 valence electrons. The summed E-state index contributed by atoms with van der Waals surface area (Å²) in [4.78, 5) is 4.07. The molecule has 0 aliphatic heterocycles. The highest BCUT2D eigenvalue weighted by Gasteiger charge is 2.11. The van der Waals surface area contributed by atoms with Crippen LogP contribution in [0.1, 0.15) is 24.5 Å². The zero-order valence-electron chi connectivity index (χ0n) is 11.2. The van der Waals surface area contributed by atoms with Crippen LogP contribution in [-0.4, -0.2) is 10.8 Å². The smallest absolute Gasteiger partial charge is 0.238 e. The van der Waals surface area contributed by atoms with E-state index in [-0.39, 0.29) is 16.7 Å². The summed E-state index contributed by atoms with van der Waals surface area (Å²) in [5.41, 5.74) is 7.12. The third-order valence-corrected chi connectivity index (χ3v) is 3.19. The van der Waals surface area contributed by atoms with Crippen molar-refractivity contribution in [1.29, 1.82) is 5.41 Å². The lowest BCUT2D eigenvalue weighted by molar-refractivity contribution is 0.463. The first kappa shape index (κ1) is 14.3. The van der Waals surface area contributed by atoms with Gasteiger partial charge in [-0.25, -0.2) is 4.98 Å². The number of aryl methyl sites for hydroxylation is 1.